The average Bonchev–Trinajstić information content (AvgIpc) is 1.63. The summed E-state index contributed by atoms with van der Waals surface area (Å²) < 4.78 is 83.4. The first kappa shape index (κ1) is 79.3. The van der Waals surface area contributed by atoms with E-state index in [2.05, 4.69) is 44.6 Å². The minimum absolute atomic E-state index is 0. The lowest BCUT2D eigenvalue weighted by Crippen LogP contribution is -2.10. The number of H-pyrrole nitrogens is 4. The number of halogens is 4. The van der Waals surface area contributed by atoms with Crippen LogP contribution in [0.5, 0.6) is 0 Å². The highest BCUT2D eigenvalue weighted by Gasteiger charge is 2.24. The molecular formula is C83H72F4N10O9S2. The van der Waals surface area contributed by atoms with E-state index < -0.39 is 50.6 Å². The van der Waals surface area contributed by atoms with Crippen molar-refractivity contribution in [1.29, 1.82) is 0 Å². The molecule has 7 aromatic carbocycles. The lowest BCUT2D eigenvalue weighted by atomic mass is 9.99. The van der Waals surface area contributed by atoms with Gasteiger partial charge in [-0.2, -0.15) is 0 Å². The summed E-state index contributed by atoms with van der Waals surface area (Å²) in [5, 5.41) is 2.51. The standard InChI is InChI=1S/C22H16FN3O2.C22H18FN3OS.C22H17FN2O3S.C16H13FN2O.CH4.2H2O/c1-12-5-6-19(23)17(7-12)20(27)18-11-26-22-16(18)9-15(10-25-22)13-3-2-4-14(8-13)21(24)28;1-13-6-7-20(23)18(8-13)21(27)19-12-25-22-17(19)10-15(11-24-22)14-4-3-5-16(9-14)26-28-2;1-13-6-7-20(23)18(8-13)21(26)19-12-25-22-17(19)10-15(11-24-22)14-4-3-5-16(9-14)29(2,27)28;1-9-3-4-14(17)12(5-9)15(20)13-8-19-16-11(13)6-10(2)7-18-16;;;/h2-11H,1H3,(H2,24,28)(H,25,26);3-12,26H,1-2H3,(H,24,25);3-12H,1-2H3,(H,24,25);3-8H,1-2H3,(H,18,19);1H4;2*1H2. The third-order valence-corrected chi connectivity index (χ3v) is 18.7. The Morgan fingerprint density at radius 3 is 1.06 bits per heavy atom. The normalized spacial score (nSPS) is 10.8. The van der Waals surface area contributed by atoms with Crippen molar-refractivity contribution in [3.63, 3.8) is 0 Å². The number of benzene rings is 7. The molecule has 0 unspecified atom stereocenters. The first-order valence-electron chi connectivity index (χ1n) is 32.5. The monoisotopic (exact) mass is 1490 g/mol. The smallest absolute Gasteiger partial charge is 0.248 e. The molecule has 0 bridgehead atoms. The number of anilines is 1. The number of amides is 1. The van der Waals surface area contributed by atoms with Gasteiger partial charge in [-0.1, -0.05) is 102 Å². The van der Waals surface area contributed by atoms with Gasteiger partial charge in [0.05, 0.1) is 27.1 Å². The van der Waals surface area contributed by atoms with Crippen LogP contribution in [-0.2, 0) is 9.84 Å². The van der Waals surface area contributed by atoms with Crippen LogP contribution < -0.4 is 10.5 Å². The molecule has 0 aliphatic heterocycles. The minimum Gasteiger partial charge on any atom is -0.412 e. The van der Waals surface area contributed by atoms with Crippen LogP contribution in [0.25, 0.3) is 77.5 Å². The Labute approximate surface area is 621 Å². The van der Waals surface area contributed by atoms with Crippen molar-refractivity contribution < 1.29 is 60.9 Å². The Morgan fingerprint density at radius 1 is 0.389 bits per heavy atom. The van der Waals surface area contributed by atoms with E-state index in [1.54, 1.807) is 136 Å². The highest BCUT2D eigenvalue weighted by molar-refractivity contribution is 7.99. The van der Waals surface area contributed by atoms with Crippen LogP contribution in [0.3, 0.4) is 0 Å². The minimum atomic E-state index is -3.35. The van der Waals surface area contributed by atoms with Crippen LogP contribution in [0.1, 0.15) is 109 Å². The molecule has 0 saturated heterocycles. The number of sulfone groups is 1. The zero-order chi connectivity index (χ0) is 74.5. The number of fused-ring (bicyclic) bond motifs is 4. The van der Waals surface area contributed by atoms with E-state index in [9.17, 15) is 50.0 Å². The number of rotatable bonds is 15. The molecule has 19 nitrogen and oxygen atoms in total. The van der Waals surface area contributed by atoms with Crippen molar-refractivity contribution in [3.8, 4) is 33.4 Å². The van der Waals surface area contributed by atoms with E-state index in [4.69, 9.17) is 5.73 Å². The number of nitrogens with zero attached hydrogens (tertiary/aromatic N) is 4. The molecule has 1 amide bonds. The van der Waals surface area contributed by atoms with Crippen molar-refractivity contribution in [2.24, 2.45) is 5.73 Å². The lowest BCUT2D eigenvalue weighted by molar-refractivity contribution is 0.0996. The summed E-state index contributed by atoms with van der Waals surface area (Å²) in [5.41, 5.74) is 19.5. The van der Waals surface area contributed by atoms with Gasteiger partial charge in [-0.05, 0) is 166 Å². The first-order chi connectivity index (χ1) is 50.3. The van der Waals surface area contributed by atoms with Gasteiger partial charge in [-0.15, -0.1) is 0 Å². The molecule has 15 aromatic rings. The van der Waals surface area contributed by atoms with Gasteiger partial charge in [0.2, 0.25) is 5.91 Å². The largest absolute Gasteiger partial charge is 0.412 e. The predicted molar refractivity (Wildman–Crippen MR) is 416 cm³/mol. The zero-order valence-corrected chi connectivity index (χ0v) is 60.0. The highest BCUT2D eigenvalue weighted by atomic mass is 32.2. The fourth-order valence-electron chi connectivity index (χ4n) is 11.8. The van der Waals surface area contributed by atoms with Crippen molar-refractivity contribution in [3.05, 3.63) is 321 Å². The fraction of sp³-hybridized carbons (Fsp3) is 0.0964. The Balaban J connectivity index is 0.000000166. The second-order valence-corrected chi connectivity index (χ2v) is 27.6. The van der Waals surface area contributed by atoms with Crippen molar-refractivity contribution in [2.45, 2.75) is 46.9 Å². The Hall–Kier alpha value is -12.8. The number of nitrogens with two attached hydrogens (primary N) is 1. The second kappa shape index (κ2) is 33.5. The number of nitrogens with one attached hydrogen (secondary N) is 5. The van der Waals surface area contributed by atoms with Crippen LogP contribution in [0.2, 0.25) is 0 Å². The molecule has 0 radical (unpaired) electrons. The lowest BCUT2D eigenvalue weighted by Gasteiger charge is -2.07. The van der Waals surface area contributed by atoms with E-state index in [0.717, 1.165) is 61.8 Å². The molecule has 0 fully saturated rings. The summed E-state index contributed by atoms with van der Waals surface area (Å²) in [5.74, 6) is -4.25. The Morgan fingerprint density at radius 2 is 0.713 bits per heavy atom. The van der Waals surface area contributed by atoms with Crippen molar-refractivity contribution in [1.82, 2.24) is 39.9 Å². The van der Waals surface area contributed by atoms with Crippen molar-refractivity contribution >= 4 is 101 Å². The molecule has 8 heterocycles. The van der Waals surface area contributed by atoms with Crippen LogP contribution >= 0.6 is 11.9 Å². The molecule has 15 rings (SSSR count). The first-order valence-corrected chi connectivity index (χ1v) is 35.6. The molecule has 11 N–H and O–H groups in total. The third kappa shape index (κ3) is 17.3. The number of hydrogen-bond donors (Lipinski definition) is 6. The summed E-state index contributed by atoms with van der Waals surface area (Å²) in [6.07, 6.45) is 16.1. The number of ketones is 4. The van der Waals surface area contributed by atoms with Gasteiger partial charge in [0, 0.05) is 134 Å². The van der Waals surface area contributed by atoms with E-state index in [0.29, 0.717) is 83.3 Å². The van der Waals surface area contributed by atoms with Gasteiger partial charge in [-0.3, -0.25) is 24.0 Å². The quantitative estimate of drug-likeness (QED) is 0.0316. The number of aromatic amines is 4. The predicted octanol–water partition coefficient (Wildman–Crippen LogP) is 16.5. The van der Waals surface area contributed by atoms with E-state index in [1.165, 1.54) is 66.8 Å². The number of aromatic nitrogens is 8. The molecule has 0 spiro atoms. The fourth-order valence-corrected chi connectivity index (χ4v) is 12.8. The molecule has 0 aliphatic carbocycles. The Kier molecular flexibility index (Phi) is 24.6. The molecule has 108 heavy (non-hydrogen) atoms. The molecule has 8 aromatic heterocycles. The number of primary amides is 1. The molecular weight excluding hydrogens is 1420 g/mol. The van der Waals surface area contributed by atoms with Gasteiger partial charge in [-0.25, -0.2) is 45.9 Å². The highest BCUT2D eigenvalue weighted by Crippen LogP contribution is 2.33. The molecule has 548 valence electrons. The number of pyridine rings is 4. The number of carbonyl (C=O) groups is 5. The van der Waals surface area contributed by atoms with Crippen LogP contribution in [0, 0.1) is 57.9 Å². The molecule has 0 aliphatic rings. The van der Waals surface area contributed by atoms with Gasteiger partial charge in [0.25, 0.3) is 0 Å². The second-order valence-electron chi connectivity index (χ2n) is 25.0. The van der Waals surface area contributed by atoms with Gasteiger partial charge in [0.1, 0.15) is 45.9 Å². The van der Waals surface area contributed by atoms with Gasteiger partial charge in [0.15, 0.2) is 33.0 Å². The third-order valence-electron chi connectivity index (χ3n) is 17.2. The SMILES string of the molecule is C.CSNc1cccc(-c2cnc3[nH]cc(C(=O)c4cc(C)ccc4F)c3c2)c1.Cc1ccc(F)c(C(=O)c2c[nH]c3ncc(-c4cccc(C(N)=O)c4)cc23)c1.Cc1ccc(F)c(C(=O)c2c[nH]c3ncc(-c4cccc(S(C)(=O)=O)c4)cc23)c1.Cc1ccc(F)c(C(=O)c2c[nH]c3ncc(C)cc23)c1.O.O. The van der Waals surface area contributed by atoms with Gasteiger partial charge >= 0.3 is 0 Å². The van der Waals surface area contributed by atoms with Crippen LogP contribution in [-0.4, -0.2) is 101 Å². The zero-order valence-electron chi connectivity index (χ0n) is 58.3. The summed E-state index contributed by atoms with van der Waals surface area (Å²) in [4.78, 5) is 92.2. The summed E-state index contributed by atoms with van der Waals surface area (Å²) >= 11 is 1.52. The number of hydrogen-bond acceptors (Lipinski definition) is 13. The van der Waals surface area contributed by atoms with Crippen LogP contribution in [0.4, 0.5) is 23.2 Å². The van der Waals surface area contributed by atoms with E-state index in [1.807, 2.05) is 69.5 Å². The average molecular weight is 1490 g/mol. The van der Waals surface area contributed by atoms with E-state index in [-0.39, 0.29) is 57.1 Å². The van der Waals surface area contributed by atoms with E-state index >= 15 is 0 Å². The molecule has 0 atom stereocenters. The maximum absolute atomic E-state index is 14.2. The Bertz CT molecular complexity index is 6090. The summed E-state index contributed by atoms with van der Waals surface area (Å²) in [6.45, 7) is 9.16. The van der Waals surface area contributed by atoms with Gasteiger partial charge < -0.3 is 41.3 Å². The topological polar surface area (TPSA) is 335 Å². The summed E-state index contributed by atoms with van der Waals surface area (Å²) in [6, 6.07) is 46.6. The molecule has 25 heteroatoms. The maximum Gasteiger partial charge on any atom is 0.248 e. The van der Waals surface area contributed by atoms with Crippen LogP contribution in [0.15, 0.2) is 224 Å². The maximum atomic E-state index is 14.2. The van der Waals surface area contributed by atoms with Crippen molar-refractivity contribution in [2.75, 3.05) is 17.2 Å². The number of carbonyl (C=O) groups excluding carboxylic acids is 5. The summed E-state index contributed by atoms with van der Waals surface area (Å²) in [7, 11) is -3.35. The number of aryl methyl sites for hydroxylation is 5. The molecule has 0 saturated carbocycles.